The minimum absolute atomic E-state index is 0. The molecule has 0 amide bonds. The number of aryl methyl sites for hydroxylation is 1. The van der Waals surface area contributed by atoms with E-state index in [4.69, 9.17) is 0 Å². The number of aliphatic imine (C=N–C) groups is 1. The van der Waals surface area contributed by atoms with Crippen LogP contribution in [0.25, 0.3) is 0 Å². The number of alkyl halides is 3. The topological polar surface area (TPSA) is 67.1 Å². The maximum Gasteiger partial charge on any atom is 0.434 e. The van der Waals surface area contributed by atoms with Crippen LogP contribution in [0.2, 0.25) is 0 Å². The molecule has 0 aliphatic heterocycles. The number of nitrogens with one attached hydrogen (secondary N) is 2. The summed E-state index contributed by atoms with van der Waals surface area (Å²) in [5, 5.41) is 11.8. The van der Waals surface area contributed by atoms with Crippen LogP contribution in [-0.2, 0) is 26.1 Å². The van der Waals surface area contributed by atoms with E-state index >= 15 is 0 Å². The molecule has 0 fully saturated rings. The van der Waals surface area contributed by atoms with Gasteiger partial charge < -0.3 is 10.6 Å². The summed E-state index contributed by atoms with van der Waals surface area (Å²) in [5.41, 5.74) is 0.282. The number of aromatic nitrogens is 3. The first kappa shape index (κ1) is 21.7. The van der Waals surface area contributed by atoms with Crippen LogP contribution in [0.15, 0.2) is 22.8 Å². The molecule has 0 saturated carbocycles. The number of hydrogen-bond donors (Lipinski definition) is 2. The predicted molar refractivity (Wildman–Crippen MR) is 103 cm³/mol. The molecule has 0 aliphatic carbocycles. The molecule has 0 aromatic carbocycles. The van der Waals surface area contributed by atoms with E-state index in [0.29, 0.717) is 30.5 Å². The summed E-state index contributed by atoms with van der Waals surface area (Å²) in [5.74, 6) is 0.603. The summed E-state index contributed by atoms with van der Waals surface area (Å²) >= 11 is 1.01. The van der Waals surface area contributed by atoms with E-state index in [1.165, 1.54) is 0 Å². The summed E-state index contributed by atoms with van der Waals surface area (Å²) in [4.78, 5) is 7.67. The van der Waals surface area contributed by atoms with Gasteiger partial charge in [0.25, 0.3) is 0 Å². The first-order chi connectivity index (χ1) is 11.4. The fourth-order valence-corrected chi connectivity index (χ4v) is 2.80. The van der Waals surface area contributed by atoms with Gasteiger partial charge in [-0.1, -0.05) is 0 Å². The van der Waals surface area contributed by atoms with Crippen LogP contribution in [-0.4, -0.2) is 40.9 Å². The average Bonchev–Trinajstić information content (AvgIpc) is 3.14. The van der Waals surface area contributed by atoms with Gasteiger partial charge in [0, 0.05) is 45.2 Å². The number of guanidine groups is 1. The van der Waals surface area contributed by atoms with Crippen molar-refractivity contribution in [3.8, 4) is 0 Å². The smallest absolute Gasteiger partial charge is 0.356 e. The van der Waals surface area contributed by atoms with Gasteiger partial charge in [-0.15, -0.1) is 35.3 Å². The zero-order chi connectivity index (χ0) is 17.6. The highest BCUT2D eigenvalue weighted by Crippen LogP contribution is 2.29. The zero-order valence-electron chi connectivity index (χ0n) is 13.8. The van der Waals surface area contributed by atoms with E-state index in [-0.39, 0.29) is 24.0 Å². The SMILES string of the molecule is CN=C(NCCc1cnn(C)c1)NCCc1nc(C(F)(F)F)cs1.I. The summed E-state index contributed by atoms with van der Waals surface area (Å²) < 4.78 is 39.2. The van der Waals surface area contributed by atoms with Crippen molar-refractivity contribution in [3.05, 3.63) is 34.0 Å². The standard InChI is InChI=1S/C14H19F3N6S.HI/c1-18-13(19-5-3-10-7-21-23(2)8-10)20-6-4-12-22-11(9-24-12)14(15,16)17;/h7-9H,3-6H2,1-2H3,(H2,18,19,20);1H. The van der Waals surface area contributed by atoms with Crippen molar-refractivity contribution < 1.29 is 13.2 Å². The molecule has 0 spiro atoms. The molecular formula is C14H20F3IN6S. The number of halogens is 4. The van der Waals surface area contributed by atoms with Gasteiger partial charge in [-0.2, -0.15) is 18.3 Å². The normalized spacial score (nSPS) is 12.0. The number of hydrogen-bond acceptors (Lipinski definition) is 4. The van der Waals surface area contributed by atoms with Crippen molar-refractivity contribution in [2.45, 2.75) is 19.0 Å². The van der Waals surface area contributed by atoms with Crippen LogP contribution in [0.1, 0.15) is 16.3 Å². The second-order valence-corrected chi connectivity index (χ2v) is 6.01. The Labute approximate surface area is 165 Å². The molecule has 140 valence electrons. The molecule has 2 aromatic heterocycles. The summed E-state index contributed by atoms with van der Waals surface area (Å²) in [6.45, 7) is 1.14. The number of rotatable bonds is 6. The summed E-state index contributed by atoms with van der Waals surface area (Å²) in [6, 6.07) is 0. The van der Waals surface area contributed by atoms with E-state index in [1.54, 1.807) is 17.9 Å². The Morgan fingerprint density at radius 2 is 1.96 bits per heavy atom. The Hall–Kier alpha value is -1.37. The Morgan fingerprint density at radius 3 is 2.48 bits per heavy atom. The molecule has 0 unspecified atom stereocenters. The summed E-state index contributed by atoms with van der Waals surface area (Å²) in [7, 11) is 3.50. The van der Waals surface area contributed by atoms with Gasteiger partial charge in [-0.25, -0.2) is 4.98 Å². The fraction of sp³-hybridized carbons (Fsp3) is 0.500. The van der Waals surface area contributed by atoms with Crippen molar-refractivity contribution in [3.63, 3.8) is 0 Å². The quantitative estimate of drug-likeness (QED) is 0.373. The lowest BCUT2D eigenvalue weighted by Gasteiger charge is -2.10. The average molecular weight is 488 g/mol. The molecule has 0 aliphatic rings. The highest BCUT2D eigenvalue weighted by atomic mass is 127. The Kier molecular flexibility index (Phi) is 8.62. The van der Waals surface area contributed by atoms with Gasteiger partial charge in [-0.05, 0) is 12.0 Å². The third kappa shape index (κ3) is 7.18. The first-order valence-corrected chi connectivity index (χ1v) is 8.20. The zero-order valence-corrected chi connectivity index (χ0v) is 16.9. The van der Waals surface area contributed by atoms with Gasteiger partial charge in [0.05, 0.1) is 11.2 Å². The minimum atomic E-state index is -4.38. The molecule has 2 N–H and O–H groups in total. The highest BCUT2D eigenvalue weighted by Gasteiger charge is 2.33. The monoisotopic (exact) mass is 488 g/mol. The Balaban J connectivity index is 0.00000312. The molecule has 0 saturated heterocycles. The van der Waals surface area contributed by atoms with Crippen molar-refractivity contribution in [1.29, 1.82) is 0 Å². The van der Waals surface area contributed by atoms with Gasteiger partial charge >= 0.3 is 6.18 Å². The molecule has 0 radical (unpaired) electrons. The van der Waals surface area contributed by atoms with Crippen molar-refractivity contribution in [1.82, 2.24) is 25.4 Å². The molecule has 25 heavy (non-hydrogen) atoms. The molecule has 2 rings (SSSR count). The van der Waals surface area contributed by atoms with Crippen LogP contribution in [0.5, 0.6) is 0 Å². The lowest BCUT2D eigenvalue weighted by molar-refractivity contribution is -0.140. The number of nitrogens with zero attached hydrogens (tertiary/aromatic N) is 4. The molecule has 0 bridgehead atoms. The van der Waals surface area contributed by atoms with E-state index in [2.05, 4.69) is 25.7 Å². The molecular weight excluding hydrogens is 468 g/mol. The van der Waals surface area contributed by atoms with Gasteiger partial charge in [0.1, 0.15) is 0 Å². The van der Waals surface area contributed by atoms with Crippen LogP contribution in [0.4, 0.5) is 13.2 Å². The van der Waals surface area contributed by atoms with Crippen molar-refractivity contribution in [2.24, 2.45) is 12.0 Å². The van der Waals surface area contributed by atoms with Crippen molar-refractivity contribution >= 4 is 41.3 Å². The predicted octanol–water partition coefficient (Wildman–Crippen LogP) is 2.46. The minimum Gasteiger partial charge on any atom is -0.356 e. The number of thiazole rings is 1. The third-order valence-corrected chi connectivity index (χ3v) is 4.07. The van der Waals surface area contributed by atoms with Gasteiger partial charge in [0.15, 0.2) is 11.7 Å². The molecule has 0 atom stereocenters. The maximum absolute atomic E-state index is 12.5. The van der Waals surface area contributed by atoms with Crippen LogP contribution >= 0.6 is 35.3 Å². The fourth-order valence-electron chi connectivity index (χ4n) is 1.99. The van der Waals surface area contributed by atoms with E-state index < -0.39 is 11.9 Å². The lowest BCUT2D eigenvalue weighted by atomic mass is 10.2. The van der Waals surface area contributed by atoms with E-state index in [0.717, 1.165) is 28.7 Å². The second-order valence-electron chi connectivity index (χ2n) is 5.07. The van der Waals surface area contributed by atoms with Crippen molar-refractivity contribution in [2.75, 3.05) is 20.1 Å². The van der Waals surface area contributed by atoms with Gasteiger partial charge in [0.2, 0.25) is 0 Å². The third-order valence-electron chi connectivity index (χ3n) is 3.16. The van der Waals surface area contributed by atoms with Crippen LogP contribution in [0.3, 0.4) is 0 Å². The Morgan fingerprint density at radius 1 is 1.28 bits per heavy atom. The lowest BCUT2D eigenvalue weighted by Crippen LogP contribution is -2.39. The molecule has 2 heterocycles. The highest BCUT2D eigenvalue weighted by molar-refractivity contribution is 14.0. The van der Waals surface area contributed by atoms with Crippen LogP contribution < -0.4 is 10.6 Å². The Bertz CT molecular complexity index is 682. The van der Waals surface area contributed by atoms with E-state index in [1.807, 2.05) is 13.2 Å². The molecule has 11 heteroatoms. The maximum atomic E-state index is 12.5. The van der Waals surface area contributed by atoms with E-state index in [9.17, 15) is 13.2 Å². The van der Waals surface area contributed by atoms with Crippen LogP contribution in [0, 0.1) is 0 Å². The first-order valence-electron chi connectivity index (χ1n) is 7.32. The largest absolute Gasteiger partial charge is 0.434 e. The van der Waals surface area contributed by atoms with Gasteiger partial charge in [-0.3, -0.25) is 9.67 Å². The molecule has 2 aromatic rings. The summed E-state index contributed by atoms with van der Waals surface area (Å²) in [6.07, 6.45) is 0.573. The molecule has 6 nitrogen and oxygen atoms in total. The second kappa shape index (κ2) is 9.94.